The molecule has 1 unspecified atom stereocenters. The number of likely N-dealkylation sites (tertiary alicyclic amines) is 1. The molecule has 4 nitrogen and oxygen atoms in total. The fourth-order valence-electron chi connectivity index (χ4n) is 4.35. The Labute approximate surface area is 175 Å². The number of hydrogen-bond acceptors (Lipinski definition) is 4. The third-order valence-corrected chi connectivity index (χ3v) is 6.04. The fourth-order valence-corrected chi connectivity index (χ4v) is 4.35. The van der Waals surface area contributed by atoms with Gasteiger partial charge in [-0.05, 0) is 41.0 Å². The number of carbonyl (C=O) groups is 2. The highest BCUT2D eigenvalue weighted by atomic mass is 16.5. The molecule has 0 aromatic heterocycles. The molecule has 0 spiro atoms. The number of benzene rings is 3. The van der Waals surface area contributed by atoms with Crippen molar-refractivity contribution in [3.8, 4) is 5.75 Å². The highest BCUT2D eigenvalue weighted by Gasteiger charge is 2.22. The number of carbonyl (C=O) groups excluding carboxylic acids is 2. The molecule has 4 heteroatoms. The summed E-state index contributed by atoms with van der Waals surface area (Å²) in [7, 11) is 0. The largest absolute Gasteiger partial charge is 0.492 e. The molecule has 1 saturated heterocycles. The Bertz CT molecular complexity index is 1150. The van der Waals surface area contributed by atoms with Crippen LogP contribution in [0.5, 0.6) is 5.75 Å². The SMILES string of the molecule is O=C(/C=C/N1CCC(c2ccccc2)C1)c1ccc2cc3c(cc2c1)OCCC3=O. The van der Waals surface area contributed by atoms with E-state index in [9.17, 15) is 9.59 Å². The first kappa shape index (κ1) is 18.6. The minimum atomic E-state index is -0.0187. The van der Waals surface area contributed by atoms with Crippen molar-refractivity contribution in [1.82, 2.24) is 4.90 Å². The van der Waals surface area contributed by atoms with Crippen molar-refractivity contribution in [1.29, 1.82) is 0 Å². The molecule has 1 fully saturated rings. The van der Waals surface area contributed by atoms with Gasteiger partial charge in [0.05, 0.1) is 12.2 Å². The average molecular weight is 397 g/mol. The molecule has 30 heavy (non-hydrogen) atoms. The maximum Gasteiger partial charge on any atom is 0.187 e. The summed E-state index contributed by atoms with van der Waals surface area (Å²) in [5.41, 5.74) is 2.63. The highest BCUT2D eigenvalue weighted by molar-refractivity contribution is 6.08. The minimum absolute atomic E-state index is 0.0187. The zero-order valence-electron chi connectivity index (χ0n) is 16.7. The summed E-state index contributed by atoms with van der Waals surface area (Å²) >= 11 is 0. The number of nitrogens with zero attached hydrogens (tertiary/aromatic N) is 1. The second-order valence-corrected chi connectivity index (χ2v) is 8.00. The topological polar surface area (TPSA) is 46.6 Å². The van der Waals surface area contributed by atoms with Crippen LogP contribution in [0.1, 0.15) is 45.0 Å². The molecule has 0 radical (unpaired) electrons. The molecule has 5 rings (SSSR count). The van der Waals surface area contributed by atoms with Crippen molar-refractivity contribution in [2.75, 3.05) is 19.7 Å². The lowest BCUT2D eigenvalue weighted by Gasteiger charge is -2.17. The zero-order valence-corrected chi connectivity index (χ0v) is 16.7. The van der Waals surface area contributed by atoms with Crippen LogP contribution in [0.4, 0.5) is 0 Å². The van der Waals surface area contributed by atoms with Crippen LogP contribution in [0.3, 0.4) is 0 Å². The van der Waals surface area contributed by atoms with Crippen LogP contribution in [0.15, 0.2) is 72.9 Å². The number of rotatable bonds is 4. The molecule has 2 aliphatic heterocycles. The molecule has 2 aliphatic rings. The van der Waals surface area contributed by atoms with Gasteiger partial charge in [-0.25, -0.2) is 0 Å². The lowest BCUT2D eigenvalue weighted by Crippen LogP contribution is -2.15. The number of Topliss-reactive ketones (excluding diaryl/α,β-unsaturated/α-hetero) is 1. The summed E-state index contributed by atoms with van der Waals surface area (Å²) in [6, 6.07) is 19.9. The third-order valence-electron chi connectivity index (χ3n) is 6.04. The van der Waals surface area contributed by atoms with Gasteiger partial charge in [-0.1, -0.05) is 42.5 Å². The molecule has 0 aliphatic carbocycles. The molecule has 2 heterocycles. The van der Waals surface area contributed by atoms with E-state index in [1.54, 1.807) is 6.08 Å². The second kappa shape index (κ2) is 7.79. The number of allylic oxidation sites excluding steroid dienone is 1. The van der Waals surface area contributed by atoms with E-state index in [1.165, 1.54) is 5.56 Å². The molecule has 1 atom stereocenters. The predicted molar refractivity (Wildman–Crippen MR) is 117 cm³/mol. The summed E-state index contributed by atoms with van der Waals surface area (Å²) in [6.07, 6.45) is 5.10. The lowest BCUT2D eigenvalue weighted by molar-refractivity contribution is 0.0933. The van der Waals surface area contributed by atoms with Gasteiger partial charge < -0.3 is 9.64 Å². The van der Waals surface area contributed by atoms with Gasteiger partial charge in [-0.2, -0.15) is 0 Å². The monoisotopic (exact) mass is 397 g/mol. The molecule has 3 aromatic rings. The Morgan fingerprint density at radius 3 is 2.77 bits per heavy atom. The first-order chi connectivity index (χ1) is 14.7. The van der Waals surface area contributed by atoms with Crippen LogP contribution in [0.2, 0.25) is 0 Å². The van der Waals surface area contributed by atoms with Gasteiger partial charge in [0.2, 0.25) is 0 Å². The summed E-state index contributed by atoms with van der Waals surface area (Å²) in [4.78, 5) is 27.0. The molecule has 0 saturated carbocycles. The molecule has 0 N–H and O–H groups in total. The van der Waals surface area contributed by atoms with Gasteiger partial charge in [0.15, 0.2) is 11.6 Å². The summed E-state index contributed by atoms with van der Waals surface area (Å²) in [5, 5.41) is 1.85. The van der Waals surface area contributed by atoms with Gasteiger partial charge in [-0.15, -0.1) is 0 Å². The van der Waals surface area contributed by atoms with Crippen LogP contribution >= 0.6 is 0 Å². The smallest absolute Gasteiger partial charge is 0.187 e. The van der Waals surface area contributed by atoms with Crippen LogP contribution in [-0.4, -0.2) is 36.2 Å². The highest BCUT2D eigenvalue weighted by Crippen LogP contribution is 2.31. The van der Waals surface area contributed by atoms with Crippen LogP contribution in [0, 0.1) is 0 Å². The van der Waals surface area contributed by atoms with E-state index in [2.05, 4.69) is 29.2 Å². The normalized spacial score (nSPS) is 18.6. The average Bonchev–Trinajstić information content (AvgIpc) is 3.26. The van der Waals surface area contributed by atoms with Crippen molar-refractivity contribution in [2.45, 2.75) is 18.8 Å². The maximum absolute atomic E-state index is 12.7. The van der Waals surface area contributed by atoms with E-state index in [0.717, 1.165) is 30.3 Å². The van der Waals surface area contributed by atoms with E-state index < -0.39 is 0 Å². The van der Waals surface area contributed by atoms with E-state index in [1.807, 2.05) is 42.6 Å². The molecule has 3 aromatic carbocycles. The number of fused-ring (bicyclic) bond motifs is 2. The Kier molecular flexibility index (Phi) is 4.83. The Hall–Kier alpha value is -3.40. The third kappa shape index (κ3) is 3.61. The maximum atomic E-state index is 12.7. The quantitative estimate of drug-likeness (QED) is 0.460. The minimum Gasteiger partial charge on any atom is -0.492 e. The Morgan fingerprint density at radius 1 is 1.03 bits per heavy atom. The number of ketones is 2. The standard InChI is InChI=1S/C26H23NO3/c28-24(9-12-27-11-8-21(17-27)18-4-2-1-3-5-18)20-7-6-19-15-23-25(29)10-13-30-26(23)16-22(19)14-20/h1-7,9,12,14-16,21H,8,10-11,13,17H2/b12-9+. The summed E-state index contributed by atoms with van der Waals surface area (Å²) in [5.74, 6) is 1.22. The second-order valence-electron chi connectivity index (χ2n) is 8.00. The van der Waals surface area contributed by atoms with Gasteiger partial charge in [0.1, 0.15) is 5.75 Å². The van der Waals surface area contributed by atoms with Crippen LogP contribution < -0.4 is 4.74 Å². The summed E-state index contributed by atoms with van der Waals surface area (Å²) in [6.45, 7) is 2.31. The van der Waals surface area contributed by atoms with Gasteiger partial charge in [0.25, 0.3) is 0 Å². The molecular formula is C26H23NO3. The number of hydrogen-bond donors (Lipinski definition) is 0. The Morgan fingerprint density at radius 2 is 1.90 bits per heavy atom. The molecule has 0 bridgehead atoms. The molecule has 150 valence electrons. The van der Waals surface area contributed by atoms with Gasteiger partial charge in [-0.3, -0.25) is 9.59 Å². The van der Waals surface area contributed by atoms with Crippen LogP contribution in [0.25, 0.3) is 10.8 Å². The van der Waals surface area contributed by atoms with E-state index in [4.69, 9.17) is 4.74 Å². The van der Waals surface area contributed by atoms with Crippen molar-refractivity contribution < 1.29 is 14.3 Å². The molecule has 0 amide bonds. The van der Waals surface area contributed by atoms with Crippen molar-refractivity contribution in [3.63, 3.8) is 0 Å². The molecular weight excluding hydrogens is 374 g/mol. The first-order valence-corrected chi connectivity index (χ1v) is 10.4. The van der Waals surface area contributed by atoms with E-state index in [-0.39, 0.29) is 11.6 Å². The predicted octanol–water partition coefficient (Wildman–Crippen LogP) is 4.99. The zero-order chi connectivity index (χ0) is 20.5. The van der Waals surface area contributed by atoms with Crippen molar-refractivity contribution in [3.05, 3.63) is 89.6 Å². The van der Waals surface area contributed by atoms with E-state index in [0.29, 0.717) is 35.8 Å². The van der Waals surface area contributed by atoms with Gasteiger partial charge >= 0.3 is 0 Å². The lowest BCUT2D eigenvalue weighted by atomic mass is 9.98. The van der Waals surface area contributed by atoms with E-state index >= 15 is 0 Å². The summed E-state index contributed by atoms with van der Waals surface area (Å²) < 4.78 is 5.64. The van der Waals surface area contributed by atoms with Gasteiger partial charge in [0, 0.05) is 43.3 Å². The fraction of sp³-hybridized carbons (Fsp3) is 0.231. The van der Waals surface area contributed by atoms with Crippen molar-refractivity contribution in [2.24, 2.45) is 0 Å². The first-order valence-electron chi connectivity index (χ1n) is 10.4. The Balaban J connectivity index is 1.31. The van der Waals surface area contributed by atoms with Crippen LogP contribution in [-0.2, 0) is 0 Å². The van der Waals surface area contributed by atoms with Crippen molar-refractivity contribution >= 4 is 22.3 Å². The number of ether oxygens (including phenoxy) is 1.